The number of para-hydroxylation sites is 2. The van der Waals surface area contributed by atoms with E-state index in [2.05, 4.69) is 15.5 Å². The van der Waals surface area contributed by atoms with Crippen LogP contribution in [0.3, 0.4) is 0 Å². The maximum absolute atomic E-state index is 11.8. The Morgan fingerprint density at radius 1 is 1.37 bits per heavy atom. The SMILES string of the molecule is CSc1nnc(SCC(=O)Nc2ccccc2N)s1. The smallest absolute Gasteiger partial charge is 0.234 e. The number of nitrogens with one attached hydrogen (secondary N) is 1. The fraction of sp³-hybridized carbons (Fsp3) is 0.182. The number of rotatable bonds is 5. The Morgan fingerprint density at radius 2 is 2.11 bits per heavy atom. The molecule has 0 bridgehead atoms. The molecule has 0 unspecified atom stereocenters. The Morgan fingerprint density at radius 3 is 2.79 bits per heavy atom. The van der Waals surface area contributed by atoms with Crippen LogP contribution in [0.5, 0.6) is 0 Å². The van der Waals surface area contributed by atoms with Crippen LogP contribution in [0.1, 0.15) is 0 Å². The second-order valence-corrected chi connectivity index (χ2v) is 6.72. The molecule has 0 spiro atoms. The third-order valence-corrected chi connectivity index (χ3v) is 5.16. The van der Waals surface area contributed by atoms with Crippen LogP contribution < -0.4 is 11.1 Å². The Kier molecular flexibility index (Phi) is 5.06. The summed E-state index contributed by atoms with van der Waals surface area (Å²) in [5.41, 5.74) is 6.94. The van der Waals surface area contributed by atoms with Gasteiger partial charge in [-0.15, -0.1) is 10.2 Å². The van der Waals surface area contributed by atoms with Gasteiger partial charge in [0.15, 0.2) is 8.68 Å². The van der Waals surface area contributed by atoms with Gasteiger partial charge in [-0.05, 0) is 18.4 Å². The number of amides is 1. The highest BCUT2D eigenvalue weighted by atomic mass is 32.2. The van der Waals surface area contributed by atoms with Crippen LogP contribution in [-0.2, 0) is 4.79 Å². The molecule has 1 amide bonds. The lowest BCUT2D eigenvalue weighted by Gasteiger charge is -2.06. The van der Waals surface area contributed by atoms with Gasteiger partial charge in [-0.1, -0.05) is 47.0 Å². The normalized spacial score (nSPS) is 10.4. The predicted molar refractivity (Wildman–Crippen MR) is 81.9 cm³/mol. The van der Waals surface area contributed by atoms with Gasteiger partial charge >= 0.3 is 0 Å². The number of carbonyl (C=O) groups excluding carboxylic acids is 1. The maximum atomic E-state index is 11.8. The number of carbonyl (C=O) groups is 1. The number of nitrogen functional groups attached to an aromatic ring is 1. The summed E-state index contributed by atoms with van der Waals surface area (Å²) in [4.78, 5) is 11.8. The lowest BCUT2D eigenvalue weighted by molar-refractivity contribution is -0.113. The number of anilines is 2. The van der Waals surface area contributed by atoms with Crippen LogP contribution in [0.2, 0.25) is 0 Å². The van der Waals surface area contributed by atoms with Crippen LogP contribution in [0.15, 0.2) is 32.9 Å². The average molecular weight is 312 g/mol. The second kappa shape index (κ2) is 6.78. The van der Waals surface area contributed by atoms with E-state index >= 15 is 0 Å². The number of thioether (sulfide) groups is 2. The van der Waals surface area contributed by atoms with Crippen LogP contribution in [0.4, 0.5) is 11.4 Å². The third-order valence-electron chi connectivity index (χ3n) is 2.12. The van der Waals surface area contributed by atoms with Crippen LogP contribution in [0.25, 0.3) is 0 Å². The summed E-state index contributed by atoms with van der Waals surface area (Å²) in [5.74, 6) is 0.181. The number of aromatic nitrogens is 2. The Hall–Kier alpha value is -1.25. The number of nitrogens with two attached hydrogens (primary N) is 1. The first kappa shape index (κ1) is 14.2. The van der Waals surface area contributed by atoms with Crippen molar-refractivity contribution >= 4 is 52.1 Å². The molecular weight excluding hydrogens is 300 g/mol. The Labute approximate surface area is 123 Å². The summed E-state index contributed by atoms with van der Waals surface area (Å²) in [6.45, 7) is 0. The van der Waals surface area contributed by atoms with Gasteiger partial charge < -0.3 is 11.1 Å². The minimum Gasteiger partial charge on any atom is -0.397 e. The molecule has 1 aromatic heterocycles. The fourth-order valence-corrected chi connectivity index (χ4v) is 3.50. The maximum Gasteiger partial charge on any atom is 0.234 e. The van der Waals surface area contributed by atoms with Crippen molar-refractivity contribution in [2.45, 2.75) is 8.68 Å². The molecule has 0 atom stereocenters. The van der Waals surface area contributed by atoms with Crippen molar-refractivity contribution in [3.05, 3.63) is 24.3 Å². The number of nitrogens with zero attached hydrogens (tertiary/aromatic N) is 2. The van der Waals surface area contributed by atoms with Gasteiger partial charge in [0, 0.05) is 0 Å². The van der Waals surface area contributed by atoms with Gasteiger partial charge in [-0.3, -0.25) is 4.79 Å². The van der Waals surface area contributed by atoms with E-state index in [1.54, 1.807) is 23.9 Å². The summed E-state index contributed by atoms with van der Waals surface area (Å²) in [5, 5.41) is 10.7. The molecule has 0 radical (unpaired) electrons. The Balaban J connectivity index is 1.86. The van der Waals surface area contributed by atoms with Gasteiger partial charge in [0.25, 0.3) is 0 Å². The van der Waals surface area contributed by atoms with Crippen molar-refractivity contribution < 1.29 is 4.79 Å². The highest BCUT2D eigenvalue weighted by molar-refractivity contribution is 8.03. The van der Waals surface area contributed by atoms with Gasteiger partial charge in [-0.2, -0.15) is 0 Å². The van der Waals surface area contributed by atoms with Crippen molar-refractivity contribution in [2.75, 3.05) is 23.1 Å². The van der Waals surface area contributed by atoms with E-state index in [-0.39, 0.29) is 11.7 Å². The van der Waals surface area contributed by atoms with E-state index < -0.39 is 0 Å². The lowest BCUT2D eigenvalue weighted by atomic mass is 10.3. The quantitative estimate of drug-likeness (QED) is 0.652. The van der Waals surface area contributed by atoms with E-state index in [0.29, 0.717) is 11.4 Å². The molecule has 5 nitrogen and oxygen atoms in total. The highest BCUT2D eigenvalue weighted by Gasteiger charge is 2.08. The number of hydrogen-bond acceptors (Lipinski definition) is 7. The van der Waals surface area contributed by atoms with Crippen LogP contribution in [-0.4, -0.2) is 28.1 Å². The van der Waals surface area contributed by atoms with E-state index in [1.165, 1.54) is 23.1 Å². The van der Waals surface area contributed by atoms with E-state index in [4.69, 9.17) is 5.73 Å². The van der Waals surface area contributed by atoms with Gasteiger partial charge in [0.1, 0.15) is 0 Å². The van der Waals surface area contributed by atoms with Crippen molar-refractivity contribution in [1.82, 2.24) is 10.2 Å². The van der Waals surface area contributed by atoms with Gasteiger partial charge in [-0.25, -0.2) is 0 Å². The summed E-state index contributed by atoms with van der Waals surface area (Å²) in [6.07, 6.45) is 1.94. The van der Waals surface area contributed by atoms with Gasteiger partial charge in [0.2, 0.25) is 5.91 Å². The Bertz CT molecular complexity index is 573. The van der Waals surface area contributed by atoms with Crippen molar-refractivity contribution in [3.8, 4) is 0 Å². The first-order valence-corrected chi connectivity index (χ1v) is 8.36. The summed E-state index contributed by atoms with van der Waals surface area (Å²) < 4.78 is 1.69. The molecule has 19 heavy (non-hydrogen) atoms. The third kappa shape index (κ3) is 4.12. The molecule has 0 aliphatic heterocycles. The molecule has 0 aliphatic carbocycles. The summed E-state index contributed by atoms with van der Waals surface area (Å²) in [7, 11) is 0. The summed E-state index contributed by atoms with van der Waals surface area (Å²) in [6, 6.07) is 7.17. The molecule has 1 aromatic carbocycles. The first-order chi connectivity index (χ1) is 9.19. The van der Waals surface area contributed by atoms with E-state index in [9.17, 15) is 4.79 Å². The predicted octanol–water partition coefficient (Wildman–Crippen LogP) is 2.57. The van der Waals surface area contributed by atoms with Crippen molar-refractivity contribution in [1.29, 1.82) is 0 Å². The van der Waals surface area contributed by atoms with Crippen molar-refractivity contribution in [3.63, 3.8) is 0 Å². The van der Waals surface area contributed by atoms with Crippen LogP contribution in [0, 0.1) is 0 Å². The largest absolute Gasteiger partial charge is 0.397 e. The molecule has 0 fully saturated rings. The first-order valence-electron chi connectivity index (χ1n) is 5.33. The fourth-order valence-electron chi connectivity index (χ4n) is 1.26. The highest BCUT2D eigenvalue weighted by Crippen LogP contribution is 2.27. The van der Waals surface area contributed by atoms with Crippen LogP contribution >= 0.6 is 34.9 Å². The molecule has 0 aliphatic rings. The molecule has 100 valence electrons. The standard InChI is InChI=1S/C11H12N4OS3/c1-17-10-14-15-11(19-10)18-6-9(16)13-8-5-3-2-4-7(8)12/h2-5H,6,12H2,1H3,(H,13,16). The zero-order valence-electron chi connectivity index (χ0n) is 10.1. The number of benzene rings is 1. The molecule has 2 rings (SSSR count). The topological polar surface area (TPSA) is 80.9 Å². The summed E-state index contributed by atoms with van der Waals surface area (Å²) >= 11 is 4.39. The minimum absolute atomic E-state index is 0.108. The van der Waals surface area contributed by atoms with Crippen molar-refractivity contribution in [2.24, 2.45) is 0 Å². The molecule has 2 aromatic rings. The molecule has 3 N–H and O–H groups in total. The lowest BCUT2D eigenvalue weighted by Crippen LogP contribution is -2.15. The van der Waals surface area contributed by atoms with E-state index in [0.717, 1.165) is 8.68 Å². The zero-order chi connectivity index (χ0) is 13.7. The molecule has 0 saturated carbocycles. The zero-order valence-corrected chi connectivity index (χ0v) is 12.6. The van der Waals surface area contributed by atoms with E-state index in [1.807, 2.05) is 18.4 Å². The molecule has 1 heterocycles. The monoisotopic (exact) mass is 312 g/mol. The minimum atomic E-state index is -0.108. The van der Waals surface area contributed by atoms with Gasteiger partial charge in [0.05, 0.1) is 17.1 Å². The molecule has 0 saturated heterocycles. The molecular formula is C11H12N4OS3. The second-order valence-electron chi connectivity index (χ2n) is 3.46. The molecule has 8 heteroatoms. The number of hydrogen-bond donors (Lipinski definition) is 2. The average Bonchev–Trinajstić information content (AvgIpc) is 2.87.